The van der Waals surface area contributed by atoms with Crippen LogP contribution in [0.4, 0.5) is 4.79 Å². The van der Waals surface area contributed by atoms with Gasteiger partial charge in [0.1, 0.15) is 0 Å². The summed E-state index contributed by atoms with van der Waals surface area (Å²) in [5.74, 6) is -1.32. The Balaban J connectivity index is 4.00. The second kappa shape index (κ2) is 7.92. The second-order valence-electron chi connectivity index (χ2n) is 3.03. The van der Waals surface area contributed by atoms with Gasteiger partial charge in [0.05, 0.1) is 18.6 Å². The highest BCUT2D eigenvalue weighted by molar-refractivity contribution is 5.71. The predicted molar refractivity (Wildman–Crippen MR) is 55.0 cm³/mol. The van der Waals surface area contributed by atoms with Crippen molar-refractivity contribution in [3.63, 3.8) is 0 Å². The van der Waals surface area contributed by atoms with Gasteiger partial charge in [0.2, 0.25) is 5.28 Å². The van der Waals surface area contributed by atoms with Gasteiger partial charge in [-0.2, -0.15) is 0 Å². The molecule has 0 heterocycles. The lowest BCUT2D eigenvalue weighted by Gasteiger charge is -2.12. The van der Waals surface area contributed by atoms with Crippen LogP contribution in [0.3, 0.4) is 0 Å². The molecular formula is C8H15N3O7. The summed E-state index contributed by atoms with van der Waals surface area (Å²) < 4.78 is 8.61. The Morgan fingerprint density at radius 2 is 2.17 bits per heavy atom. The van der Waals surface area contributed by atoms with E-state index in [1.807, 2.05) is 0 Å². The number of carboxylic acid groups (broad SMARTS) is 1. The molecule has 0 saturated heterocycles. The van der Waals surface area contributed by atoms with Gasteiger partial charge in [0.15, 0.2) is 6.61 Å². The van der Waals surface area contributed by atoms with E-state index in [-0.39, 0.29) is 4.97 Å². The molecule has 0 saturated carbocycles. The van der Waals surface area contributed by atoms with Crippen molar-refractivity contribution in [2.45, 2.75) is 20.1 Å². The summed E-state index contributed by atoms with van der Waals surface area (Å²) in [6.45, 7) is 2.59. The first-order valence-corrected chi connectivity index (χ1v) is 4.97. The number of rotatable bonds is 7. The van der Waals surface area contributed by atoms with Crippen LogP contribution in [0.2, 0.25) is 0 Å². The third-order valence-electron chi connectivity index (χ3n) is 1.59. The molecule has 0 aromatic carbocycles. The Morgan fingerprint density at radius 1 is 1.56 bits per heavy atom. The lowest BCUT2D eigenvalue weighted by molar-refractivity contribution is -0.707. The maximum atomic E-state index is 11.1. The predicted octanol–water partition coefficient (Wildman–Crippen LogP) is 0.331. The second-order valence-corrected chi connectivity index (χ2v) is 3.03. The Morgan fingerprint density at radius 3 is 2.67 bits per heavy atom. The highest BCUT2D eigenvalue weighted by Crippen LogP contribution is 1.98. The van der Waals surface area contributed by atoms with Crippen LogP contribution in [0.1, 0.15) is 13.8 Å². The zero-order chi connectivity index (χ0) is 14.1. The molecule has 10 heteroatoms. The minimum Gasteiger partial charge on any atom is -0.569 e. The Kier molecular flexibility index (Phi) is 6.93. The fourth-order valence-electron chi connectivity index (χ4n) is 0.602. The lowest BCUT2D eigenvalue weighted by atomic mass is 10.7. The SMILES string of the molecule is CCN(C)[N+]([O-])=NOC(C)OC(=O)OCC(=O)O. The van der Waals surface area contributed by atoms with E-state index in [0.717, 1.165) is 0 Å². The first kappa shape index (κ1) is 15.7. The molecule has 0 aliphatic carbocycles. The minimum absolute atomic E-state index is 0.169. The van der Waals surface area contributed by atoms with Crippen molar-refractivity contribution in [3.05, 3.63) is 5.21 Å². The summed E-state index contributed by atoms with van der Waals surface area (Å²) in [6.07, 6.45) is -2.42. The van der Waals surface area contributed by atoms with Crippen LogP contribution in [0, 0.1) is 5.21 Å². The zero-order valence-corrected chi connectivity index (χ0v) is 10.2. The van der Waals surface area contributed by atoms with Crippen molar-refractivity contribution in [2.24, 2.45) is 5.28 Å². The van der Waals surface area contributed by atoms with E-state index in [9.17, 15) is 14.8 Å². The molecule has 1 atom stereocenters. The summed E-state index contributed by atoms with van der Waals surface area (Å²) in [4.78, 5) is 25.6. The van der Waals surface area contributed by atoms with Crippen molar-refractivity contribution < 1.29 is 34.0 Å². The summed E-state index contributed by atoms with van der Waals surface area (Å²) in [7, 11) is 1.48. The number of aliphatic carboxylic acids is 1. The molecule has 0 fully saturated rings. The van der Waals surface area contributed by atoms with Gasteiger partial charge in [-0.1, -0.05) is 0 Å². The van der Waals surface area contributed by atoms with E-state index in [2.05, 4.69) is 19.6 Å². The third kappa shape index (κ3) is 7.09. The van der Waals surface area contributed by atoms with Crippen LogP contribution in [-0.4, -0.2) is 53.7 Å². The Hall–Kier alpha value is -2.26. The molecule has 1 N–H and O–H groups in total. The topological polar surface area (TPSA) is 124 Å². The number of carbonyl (C=O) groups excluding carboxylic acids is 1. The smallest absolute Gasteiger partial charge is 0.512 e. The molecule has 18 heavy (non-hydrogen) atoms. The molecule has 0 bridgehead atoms. The Labute approximate surface area is 103 Å². The number of ether oxygens (including phenoxy) is 2. The zero-order valence-electron chi connectivity index (χ0n) is 10.2. The van der Waals surface area contributed by atoms with Crippen LogP contribution < -0.4 is 0 Å². The lowest BCUT2D eigenvalue weighted by Crippen LogP contribution is -2.27. The summed E-state index contributed by atoms with van der Waals surface area (Å²) in [5, 5.41) is 23.6. The monoisotopic (exact) mass is 265 g/mol. The highest BCUT2D eigenvalue weighted by Gasteiger charge is 2.14. The Bertz CT molecular complexity index is 320. The standard InChI is InChI=1S/C8H15N3O7/c1-4-10(3)11(15)9-18-6(2)17-8(14)16-5-7(12)13/h6H,4-5H2,1-3H3,(H,12,13). The summed E-state index contributed by atoms with van der Waals surface area (Å²) in [5.41, 5.74) is 0. The van der Waals surface area contributed by atoms with E-state index < -0.39 is 25.0 Å². The van der Waals surface area contributed by atoms with Gasteiger partial charge in [-0.25, -0.2) is 9.59 Å². The van der Waals surface area contributed by atoms with Crippen LogP contribution in [0.15, 0.2) is 5.28 Å². The van der Waals surface area contributed by atoms with Gasteiger partial charge in [-0.15, -0.1) is 5.01 Å². The van der Waals surface area contributed by atoms with Gasteiger partial charge in [0, 0.05) is 6.92 Å². The van der Waals surface area contributed by atoms with Gasteiger partial charge < -0.3 is 19.8 Å². The average molecular weight is 265 g/mol. The van der Waals surface area contributed by atoms with Crippen LogP contribution in [0.25, 0.3) is 0 Å². The fraction of sp³-hybridized carbons (Fsp3) is 0.750. The van der Waals surface area contributed by atoms with E-state index in [0.29, 0.717) is 6.54 Å². The molecule has 0 aliphatic rings. The summed E-state index contributed by atoms with van der Waals surface area (Å²) in [6, 6.07) is 0. The molecule has 0 radical (unpaired) electrons. The van der Waals surface area contributed by atoms with Crippen molar-refractivity contribution in [1.29, 1.82) is 0 Å². The van der Waals surface area contributed by atoms with Crippen molar-refractivity contribution in [3.8, 4) is 0 Å². The molecule has 0 aromatic heterocycles. The number of hydrogen-bond donors (Lipinski definition) is 1. The van der Waals surface area contributed by atoms with Gasteiger partial charge >= 0.3 is 12.1 Å². The molecule has 1 unspecified atom stereocenters. The molecule has 10 nitrogen and oxygen atoms in total. The van der Waals surface area contributed by atoms with E-state index in [1.165, 1.54) is 19.0 Å². The van der Waals surface area contributed by atoms with Crippen molar-refractivity contribution in [1.82, 2.24) is 5.01 Å². The van der Waals surface area contributed by atoms with E-state index in [1.54, 1.807) is 6.92 Å². The molecule has 0 spiro atoms. The maximum absolute atomic E-state index is 11.1. The van der Waals surface area contributed by atoms with E-state index >= 15 is 0 Å². The van der Waals surface area contributed by atoms with Crippen LogP contribution >= 0.6 is 0 Å². The molecule has 0 rings (SSSR count). The minimum atomic E-state index is -1.32. The van der Waals surface area contributed by atoms with Crippen LogP contribution in [-0.2, 0) is 19.1 Å². The van der Waals surface area contributed by atoms with Crippen molar-refractivity contribution >= 4 is 12.1 Å². The quantitative estimate of drug-likeness (QED) is 0.229. The number of carbonyl (C=O) groups is 2. The maximum Gasteiger partial charge on any atom is 0.512 e. The van der Waals surface area contributed by atoms with Gasteiger partial charge in [0.25, 0.3) is 6.29 Å². The molecule has 0 aromatic rings. The molecule has 0 amide bonds. The molecule has 104 valence electrons. The number of hydrogen-bond acceptors (Lipinski definition) is 7. The van der Waals surface area contributed by atoms with Crippen LogP contribution in [0.5, 0.6) is 0 Å². The summed E-state index contributed by atoms with van der Waals surface area (Å²) >= 11 is 0. The van der Waals surface area contributed by atoms with Crippen molar-refractivity contribution in [2.75, 3.05) is 20.2 Å². The first-order chi connectivity index (χ1) is 8.36. The third-order valence-corrected chi connectivity index (χ3v) is 1.59. The number of nitrogens with zero attached hydrogens (tertiary/aromatic N) is 3. The average Bonchev–Trinajstić information content (AvgIpc) is 2.32. The largest absolute Gasteiger partial charge is 0.569 e. The van der Waals surface area contributed by atoms with Gasteiger partial charge in [-0.05, 0) is 6.92 Å². The molecule has 0 aliphatic heterocycles. The first-order valence-electron chi connectivity index (χ1n) is 4.97. The van der Waals surface area contributed by atoms with Gasteiger partial charge in [-0.3, -0.25) is 4.84 Å². The normalized spacial score (nSPS) is 12.5. The number of carboxylic acids is 1. The van der Waals surface area contributed by atoms with E-state index in [4.69, 9.17) is 5.11 Å². The number of hydrazine groups is 1. The molecular weight excluding hydrogens is 250 g/mol. The fourth-order valence-corrected chi connectivity index (χ4v) is 0.602. The highest BCUT2D eigenvalue weighted by atomic mass is 16.8.